The fraction of sp³-hybridized carbons (Fsp3) is 0.176. The predicted molar refractivity (Wildman–Crippen MR) is 94.4 cm³/mol. The van der Waals surface area contributed by atoms with Crippen molar-refractivity contribution in [2.75, 3.05) is 5.32 Å². The van der Waals surface area contributed by atoms with Gasteiger partial charge in [-0.05, 0) is 30.3 Å². The van der Waals surface area contributed by atoms with E-state index in [-0.39, 0.29) is 33.8 Å². The van der Waals surface area contributed by atoms with E-state index in [1.165, 1.54) is 24.3 Å². The minimum absolute atomic E-state index is 0.0706. The summed E-state index contributed by atoms with van der Waals surface area (Å²) in [5.74, 6) is -0.754. The SMILES string of the molecule is O=C(Nc1c(Cl)cccc1Cl)c1ccc(Cn2nc(C(F)F)cc2C(F)F)o1. The number of alkyl halides is 4. The van der Waals surface area contributed by atoms with Crippen LogP contribution in [0.2, 0.25) is 10.0 Å². The average Bonchev–Trinajstić information content (AvgIpc) is 3.26. The summed E-state index contributed by atoms with van der Waals surface area (Å²) in [5.41, 5.74) is -1.27. The van der Waals surface area contributed by atoms with Crippen LogP contribution in [0.25, 0.3) is 0 Å². The van der Waals surface area contributed by atoms with E-state index in [1.54, 1.807) is 6.07 Å². The molecule has 0 bridgehead atoms. The lowest BCUT2D eigenvalue weighted by Crippen LogP contribution is -2.12. The van der Waals surface area contributed by atoms with Crippen LogP contribution in [-0.2, 0) is 6.54 Å². The van der Waals surface area contributed by atoms with Gasteiger partial charge in [0.1, 0.15) is 17.1 Å². The van der Waals surface area contributed by atoms with Crippen molar-refractivity contribution in [2.45, 2.75) is 19.4 Å². The molecule has 11 heteroatoms. The second kappa shape index (κ2) is 8.24. The molecule has 1 aromatic carbocycles. The van der Waals surface area contributed by atoms with Gasteiger partial charge < -0.3 is 9.73 Å². The summed E-state index contributed by atoms with van der Waals surface area (Å²) in [5, 5.41) is 6.37. The predicted octanol–water partition coefficient (Wildman–Crippen LogP) is 5.96. The number of carbonyl (C=O) groups is 1. The van der Waals surface area contributed by atoms with E-state index >= 15 is 0 Å². The van der Waals surface area contributed by atoms with E-state index in [2.05, 4.69) is 10.4 Å². The molecule has 2 aromatic heterocycles. The standard InChI is InChI=1S/C17H11Cl2F4N3O2/c18-9-2-1-3-10(19)14(9)24-17(27)13-5-4-8(28-13)7-26-12(16(22)23)6-11(25-26)15(20)21/h1-6,15-16H,7H2,(H,24,27). The summed E-state index contributed by atoms with van der Waals surface area (Å²) < 4.78 is 57.5. The maximum atomic E-state index is 13.0. The molecule has 0 aliphatic carbocycles. The molecule has 0 saturated carbocycles. The molecule has 1 amide bonds. The molecule has 0 atom stereocenters. The van der Waals surface area contributed by atoms with Crippen LogP contribution in [0.4, 0.5) is 23.2 Å². The van der Waals surface area contributed by atoms with Crippen molar-refractivity contribution in [1.29, 1.82) is 0 Å². The number of para-hydroxylation sites is 1. The third-order valence-corrected chi connectivity index (χ3v) is 4.30. The van der Waals surface area contributed by atoms with E-state index < -0.39 is 30.1 Å². The van der Waals surface area contributed by atoms with E-state index in [0.717, 1.165) is 0 Å². The smallest absolute Gasteiger partial charge is 0.291 e. The summed E-state index contributed by atoms with van der Waals surface area (Å²) in [6.07, 6.45) is -5.99. The lowest BCUT2D eigenvalue weighted by Gasteiger charge is -2.07. The van der Waals surface area contributed by atoms with Gasteiger partial charge in [-0.25, -0.2) is 17.6 Å². The Balaban J connectivity index is 1.78. The van der Waals surface area contributed by atoms with Crippen LogP contribution < -0.4 is 5.32 Å². The average molecular weight is 436 g/mol. The first-order valence-electron chi connectivity index (χ1n) is 7.74. The van der Waals surface area contributed by atoms with Gasteiger partial charge in [0.25, 0.3) is 18.8 Å². The molecule has 28 heavy (non-hydrogen) atoms. The fourth-order valence-electron chi connectivity index (χ4n) is 2.39. The Hall–Kier alpha value is -2.52. The van der Waals surface area contributed by atoms with Gasteiger partial charge in [0, 0.05) is 0 Å². The number of anilines is 1. The van der Waals surface area contributed by atoms with Gasteiger partial charge >= 0.3 is 0 Å². The number of carbonyl (C=O) groups excluding carboxylic acids is 1. The van der Waals surface area contributed by atoms with E-state index in [4.69, 9.17) is 27.6 Å². The lowest BCUT2D eigenvalue weighted by atomic mass is 10.3. The number of nitrogens with zero attached hydrogens (tertiary/aromatic N) is 2. The maximum absolute atomic E-state index is 13.0. The number of benzene rings is 1. The molecular formula is C17H11Cl2F4N3O2. The Labute approximate surface area is 165 Å². The molecule has 0 saturated heterocycles. The molecule has 0 unspecified atom stereocenters. The Morgan fingerprint density at radius 3 is 2.39 bits per heavy atom. The zero-order chi connectivity index (χ0) is 20.4. The Bertz CT molecular complexity index is 984. The van der Waals surface area contributed by atoms with Crippen LogP contribution in [0.15, 0.2) is 40.8 Å². The van der Waals surface area contributed by atoms with Crippen molar-refractivity contribution in [3.63, 3.8) is 0 Å². The highest BCUT2D eigenvalue weighted by Crippen LogP contribution is 2.30. The molecule has 0 radical (unpaired) electrons. The molecule has 0 aliphatic heterocycles. The van der Waals surface area contributed by atoms with Crippen LogP contribution in [0.5, 0.6) is 0 Å². The number of hydrogen-bond acceptors (Lipinski definition) is 3. The summed E-state index contributed by atoms with van der Waals surface area (Å²) in [6, 6.07) is 7.94. The van der Waals surface area contributed by atoms with Gasteiger partial charge in [-0.2, -0.15) is 5.10 Å². The van der Waals surface area contributed by atoms with E-state index in [9.17, 15) is 22.4 Å². The minimum Gasteiger partial charge on any atom is -0.454 e. The number of halogens is 6. The van der Waals surface area contributed by atoms with Gasteiger partial charge in [0.05, 0.1) is 22.3 Å². The quantitative estimate of drug-likeness (QED) is 0.486. The molecule has 0 fully saturated rings. The number of nitrogens with one attached hydrogen (secondary N) is 1. The van der Waals surface area contributed by atoms with Crippen LogP contribution in [0, 0.1) is 0 Å². The third-order valence-electron chi connectivity index (χ3n) is 3.67. The van der Waals surface area contributed by atoms with Gasteiger partial charge in [0.15, 0.2) is 5.76 Å². The van der Waals surface area contributed by atoms with Crippen molar-refractivity contribution in [3.8, 4) is 0 Å². The molecule has 0 spiro atoms. The Kier molecular flexibility index (Phi) is 5.95. The highest BCUT2D eigenvalue weighted by Gasteiger charge is 2.22. The normalized spacial score (nSPS) is 11.4. The molecule has 3 rings (SSSR count). The molecule has 5 nitrogen and oxygen atoms in total. The molecule has 3 aromatic rings. The van der Waals surface area contributed by atoms with Crippen molar-refractivity contribution in [2.24, 2.45) is 0 Å². The van der Waals surface area contributed by atoms with Crippen molar-refractivity contribution in [1.82, 2.24) is 9.78 Å². The van der Waals surface area contributed by atoms with Crippen molar-refractivity contribution < 1.29 is 26.8 Å². The zero-order valence-electron chi connectivity index (χ0n) is 13.8. The first-order chi connectivity index (χ1) is 13.3. The highest BCUT2D eigenvalue weighted by molar-refractivity contribution is 6.39. The van der Waals surface area contributed by atoms with Crippen molar-refractivity contribution in [3.05, 3.63) is 69.4 Å². The molecule has 0 aliphatic rings. The first-order valence-corrected chi connectivity index (χ1v) is 8.50. The molecule has 148 valence electrons. The monoisotopic (exact) mass is 435 g/mol. The molecule has 2 heterocycles. The zero-order valence-corrected chi connectivity index (χ0v) is 15.3. The number of amides is 1. The summed E-state index contributed by atoms with van der Waals surface area (Å²) >= 11 is 11.9. The lowest BCUT2D eigenvalue weighted by molar-refractivity contribution is 0.0994. The van der Waals surface area contributed by atoms with Crippen LogP contribution in [0.1, 0.15) is 40.6 Å². The summed E-state index contributed by atoms with van der Waals surface area (Å²) in [7, 11) is 0. The van der Waals surface area contributed by atoms with Gasteiger partial charge in [-0.3, -0.25) is 9.48 Å². The number of hydrogen-bond donors (Lipinski definition) is 1. The van der Waals surface area contributed by atoms with Crippen LogP contribution in [-0.4, -0.2) is 15.7 Å². The topological polar surface area (TPSA) is 60.1 Å². The second-order valence-electron chi connectivity index (χ2n) is 5.57. The second-order valence-corrected chi connectivity index (χ2v) is 6.38. The Morgan fingerprint density at radius 1 is 1.11 bits per heavy atom. The van der Waals surface area contributed by atoms with E-state index in [1.807, 2.05) is 0 Å². The fourth-order valence-corrected chi connectivity index (χ4v) is 2.88. The first kappa shape index (κ1) is 20.2. The minimum atomic E-state index is -3.00. The van der Waals surface area contributed by atoms with Gasteiger partial charge in [0.2, 0.25) is 0 Å². The van der Waals surface area contributed by atoms with Crippen LogP contribution >= 0.6 is 23.2 Å². The van der Waals surface area contributed by atoms with Gasteiger partial charge in [-0.15, -0.1) is 0 Å². The summed E-state index contributed by atoms with van der Waals surface area (Å²) in [6.45, 7) is -0.355. The molecule has 1 N–H and O–H groups in total. The Morgan fingerprint density at radius 2 is 1.79 bits per heavy atom. The summed E-state index contributed by atoms with van der Waals surface area (Å²) in [4.78, 5) is 12.3. The van der Waals surface area contributed by atoms with Gasteiger partial charge in [-0.1, -0.05) is 29.3 Å². The third kappa shape index (κ3) is 4.31. The van der Waals surface area contributed by atoms with Crippen LogP contribution in [0.3, 0.4) is 0 Å². The maximum Gasteiger partial charge on any atom is 0.291 e. The molecular weight excluding hydrogens is 425 g/mol. The number of rotatable bonds is 6. The number of aromatic nitrogens is 2. The van der Waals surface area contributed by atoms with Crippen molar-refractivity contribution >= 4 is 34.8 Å². The van der Waals surface area contributed by atoms with E-state index in [0.29, 0.717) is 10.7 Å². The highest BCUT2D eigenvalue weighted by atomic mass is 35.5. The largest absolute Gasteiger partial charge is 0.454 e. The number of furan rings is 1.